The van der Waals surface area contributed by atoms with Crippen molar-refractivity contribution in [2.75, 3.05) is 58.9 Å². The molecular weight excluding hydrogens is 641 g/mol. The average molecular weight is 691 g/mol. The Morgan fingerprint density at radius 3 is 2.27 bits per heavy atom. The molecule has 49 heavy (non-hydrogen) atoms. The molecule has 2 fully saturated rings. The van der Waals surface area contributed by atoms with Crippen LogP contribution in [0.15, 0.2) is 30.5 Å². The fourth-order valence-corrected chi connectivity index (χ4v) is 8.44. The monoisotopic (exact) mass is 690 g/mol. The Balaban J connectivity index is 1.35. The van der Waals surface area contributed by atoms with Gasteiger partial charge in [0.2, 0.25) is 5.95 Å². The first kappa shape index (κ1) is 35.1. The fraction of sp³-hybridized carbons (Fsp3) is 0.568. The summed E-state index contributed by atoms with van der Waals surface area (Å²) in [7, 11) is -2.98. The molecule has 3 aliphatic rings. The summed E-state index contributed by atoms with van der Waals surface area (Å²) in [6, 6.07) is 8.40. The van der Waals surface area contributed by atoms with Crippen molar-refractivity contribution in [3.8, 4) is 11.1 Å². The summed E-state index contributed by atoms with van der Waals surface area (Å²) in [4.78, 5) is 33.8. The van der Waals surface area contributed by atoms with Crippen molar-refractivity contribution >= 4 is 33.3 Å². The second-order valence-corrected chi connectivity index (χ2v) is 17.8. The SMILES string of the molecule is Cc1nc(C)c([C@H](OC(C)(C)C)C(=O)O)c(N2CCC(C)(C)CC2)c1-c1ccc2c(c1)CCN(c1nccc(N3CCS(=O)(=O)CC3)n1)C2. The second kappa shape index (κ2) is 13.2. The Morgan fingerprint density at radius 1 is 0.918 bits per heavy atom. The number of benzene rings is 1. The van der Waals surface area contributed by atoms with Gasteiger partial charge in [0.15, 0.2) is 15.9 Å². The van der Waals surface area contributed by atoms with Gasteiger partial charge in [-0.3, -0.25) is 4.98 Å². The van der Waals surface area contributed by atoms with E-state index in [0.29, 0.717) is 36.8 Å². The van der Waals surface area contributed by atoms with Gasteiger partial charge < -0.3 is 24.5 Å². The van der Waals surface area contributed by atoms with Crippen molar-refractivity contribution in [3.05, 3.63) is 58.5 Å². The molecule has 3 aromatic rings. The van der Waals surface area contributed by atoms with E-state index < -0.39 is 27.5 Å². The van der Waals surface area contributed by atoms with E-state index in [4.69, 9.17) is 14.7 Å². The average Bonchev–Trinajstić information content (AvgIpc) is 3.03. The molecule has 264 valence electrons. The summed E-state index contributed by atoms with van der Waals surface area (Å²) >= 11 is 0. The number of hydrogen-bond acceptors (Lipinski definition) is 10. The van der Waals surface area contributed by atoms with Crippen molar-refractivity contribution in [1.29, 1.82) is 0 Å². The molecule has 0 saturated carbocycles. The van der Waals surface area contributed by atoms with Gasteiger partial charge in [-0.1, -0.05) is 32.0 Å². The number of ether oxygens (including phenoxy) is 1. The van der Waals surface area contributed by atoms with Crippen LogP contribution in [-0.2, 0) is 32.3 Å². The molecule has 0 aliphatic carbocycles. The number of aliphatic carboxylic acids is 1. The van der Waals surface area contributed by atoms with Gasteiger partial charge in [-0.25, -0.2) is 18.2 Å². The van der Waals surface area contributed by atoms with Gasteiger partial charge in [0, 0.05) is 68.0 Å². The predicted octanol–water partition coefficient (Wildman–Crippen LogP) is 5.52. The van der Waals surface area contributed by atoms with Gasteiger partial charge in [-0.15, -0.1) is 0 Å². The van der Waals surface area contributed by atoms with Gasteiger partial charge in [0.25, 0.3) is 0 Å². The number of sulfone groups is 1. The molecule has 1 N–H and O–H groups in total. The molecule has 12 heteroatoms. The molecule has 0 unspecified atom stereocenters. The molecule has 0 radical (unpaired) electrons. The zero-order valence-electron chi connectivity index (χ0n) is 29.9. The highest BCUT2D eigenvalue weighted by Crippen LogP contribution is 2.45. The third-order valence-corrected chi connectivity index (χ3v) is 11.7. The lowest BCUT2D eigenvalue weighted by molar-refractivity contribution is -0.160. The number of carbonyl (C=O) groups is 1. The summed E-state index contributed by atoms with van der Waals surface area (Å²) in [6.45, 7) is 18.1. The number of rotatable bonds is 7. The third-order valence-electron chi connectivity index (χ3n) is 10.1. The number of fused-ring (bicyclic) bond motifs is 1. The standard InChI is InChI=1S/C37H50N6O5S/c1-24-30(32(42-16-12-37(6,7)13-17-42)31(25(2)39-24)33(34(44)45)48-36(3,4)5)27-8-9-28-23-43(15-11-26(28)22-27)35-38-14-10-29(40-35)41-18-20-49(46,47)21-19-41/h8-10,14,22,33H,11-13,15-21,23H2,1-7H3,(H,44,45)/t33-/m0/s1. The van der Waals surface area contributed by atoms with Crippen molar-refractivity contribution in [2.45, 2.75) is 86.0 Å². The maximum Gasteiger partial charge on any atom is 0.337 e. The van der Waals surface area contributed by atoms with Crippen LogP contribution in [0, 0.1) is 19.3 Å². The molecule has 0 spiro atoms. The molecule has 0 bridgehead atoms. The summed E-state index contributed by atoms with van der Waals surface area (Å²) in [5, 5.41) is 10.5. The summed E-state index contributed by atoms with van der Waals surface area (Å²) in [6.07, 6.45) is 3.39. The maximum atomic E-state index is 12.9. The largest absolute Gasteiger partial charge is 0.479 e. The van der Waals surface area contributed by atoms with Gasteiger partial charge in [0.1, 0.15) is 5.82 Å². The van der Waals surface area contributed by atoms with Crippen LogP contribution in [0.5, 0.6) is 0 Å². The molecule has 6 rings (SSSR count). The first-order valence-electron chi connectivity index (χ1n) is 17.3. The van der Waals surface area contributed by atoms with E-state index in [2.05, 4.69) is 46.8 Å². The number of nitrogens with zero attached hydrogens (tertiary/aromatic N) is 6. The quantitative estimate of drug-likeness (QED) is 0.337. The molecule has 2 saturated heterocycles. The molecule has 1 atom stereocenters. The highest BCUT2D eigenvalue weighted by atomic mass is 32.2. The van der Waals surface area contributed by atoms with E-state index in [-0.39, 0.29) is 16.9 Å². The number of pyridine rings is 1. The maximum absolute atomic E-state index is 12.9. The summed E-state index contributed by atoms with van der Waals surface area (Å²) in [5.41, 5.74) is 7.07. The number of carboxylic acids is 1. The van der Waals surface area contributed by atoms with E-state index in [0.717, 1.165) is 67.2 Å². The second-order valence-electron chi connectivity index (χ2n) is 15.5. The smallest absolute Gasteiger partial charge is 0.337 e. The van der Waals surface area contributed by atoms with E-state index in [9.17, 15) is 18.3 Å². The molecule has 2 aromatic heterocycles. The van der Waals surface area contributed by atoms with Crippen LogP contribution in [0.1, 0.15) is 81.6 Å². The zero-order valence-corrected chi connectivity index (χ0v) is 30.7. The Hall–Kier alpha value is -3.77. The topological polar surface area (TPSA) is 129 Å². The van der Waals surface area contributed by atoms with Crippen LogP contribution in [0.3, 0.4) is 0 Å². The molecule has 11 nitrogen and oxygen atoms in total. The third kappa shape index (κ3) is 7.70. The highest BCUT2D eigenvalue weighted by Gasteiger charge is 2.37. The van der Waals surface area contributed by atoms with Crippen LogP contribution in [0.25, 0.3) is 11.1 Å². The van der Waals surface area contributed by atoms with Crippen molar-refractivity contribution in [1.82, 2.24) is 15.0 Å². The van der Waals surface area contributed by atoms with Crippen LogP contribution in [0.2, 0.25) is 0 Å². The minimum atomic E-state index is -2.98. The Kier molecular flexibility index (Phi) is 9.42. The zero-order chi connectivity index (χ0) is 35.3. The van der Waals surface area contributed by atoms with Gasteiger partial charge in [-0.05, 0) is 82.1 Å². The number of aryl methyl sites for hydroxylation is 2. The van der Waals surface area contributed by atoms with Crippen LogP contribution in [-0.4, -0.2) is 84.3 Å². The molecule has 3 aliphatic heterocycles. The van der Waals surface area contributed by atoms with Crippen molar-refractivity contribution in [3.63, 3.8) is 0 Å². The van der Waals surface area contributed by atoms with E-state index in [1.807, 2.05) is 45.6 Å². The van der Waals surface area contributed by atoms with Crippen molar-refractivity contribution in [2.24, 2.45) is 5.41 Å². The van der Waals surface area contributed by atoms with Crippen LogP contribution >= 0.6 is 0 Å². The van der Waals surface area contributed by atoms with Crippen LogP contribution < -0.4 is 14.7 Å². The summed E-state index contributed by atoms with van der Waals surface area (Å²) in [5.74, 6) is 0.652. The molecular formula is C37H50N6O5S. The predicted molar refractivity (Wildman–Crippen MR) is 193 cm³/mol. The molecule has 0 amide bonds. The first-order valence-corrected chi connectivity index (χ1v) is 19.1. The number of anilines is 3. The van der Waals surface area contributed by atoms with Crippen LogP contribution in [0.4, 0.5) is 17.5 Å². The molecule has 5 heterocycles. The van der Waals surface area contributed by atoms with Gasteiger partial charge in [-0.2, -0.15) is 4.98 Å². The lowest BCUT2D eigenvalue weighted by Gasteiger charge is -2.41. The Labute approximate surface area is 290 Å². The normalized spacial score (nSPS) is 19.8. The highest BCUT2D eigenvalue weighted by molar-refractivity contribution is 7.91. The van der Waals surface area contributed by atoms with Gasteiger partial charge in [0.05, 0.1) is 22.8 Å². The first-order chi connectivity index (χ1) is 23.0. The minimum absolute atomic E-state index is 0.140. The lowest BCUT2D eigenvalue weighted by atomic mass is 9.81. The fourth-order valence-electron chi connectivity index (χ4n) is 7.24. The number of carboxylic acid groups (broad SMARTS) is 1. The van der Waals surface area contributed by atoms with E-state index >= 15 is 0 Å². The minimum Gasteiger partial charge on any atom is -0.479 e. The lowest BCUT2D eigenvalue weighted by Crippen LogP contribution is -2.41. The number of hydrogen-bond donors (Lipinski definition) is 1. The number of aromatic nitrogens is 3. The Morgan fingerprint density at radius 2 is 1.61 bits per heavy atom. The van der Waals surface area contributed by atoms with E-state index in [1.54, 1.807) is 6.20 Å². The van der Waals surface area contributed by atoms with E-state index in [1.165, 1.54) is 11.1 Å². The van der Waals surface area contributed by atoms with Crippen molar-refractivity contribution < 1.29 is 23.1 Å². The molecule has 1 aromatic carbocycles. The summed E-state index contributed by atoms with van der Waals surface area (Å²) < 4.78 is 30.2. The Bertz CT molecular complexity index is 1830. The van der Waals surface area contributed by atoms with Gasteiger partial charge >= 0.3 is 5.97 Å². The number of piperidine rings is 1.